The maximum Gasteiger partial charge on any atom is 0.292 e. The van der Waals surface area contributed by atoms with Crippen LogP contribution in [0, 0.1) is 0 Å². The van der Waals surface area contributed by atoms with Crippen LogP contribution in [0.15, 0.2) is 0 Å². The Balaban J connectivity index is 0.000000399. The lowest BCUT2D eigenvalue weighted by atomic mass is 10.0. The van der Waals surface area contributed by atoms with Crippen molar-refractivity contribution < 1.29 is 14.3 Å². The molecule has 0 saturated carbocycles. The van der Waals surface area contributed by atoms with Gasteiger partial charge in [-0.2, -0.15) is 0 Å². The van der Waals surface area contributed by atoms with Crippen LogP contribution in [0.2, 0.25) is 0 Å². The van der Waals surface area contributed by atoms with Crippen LogP contribution in [0.4, 0.5) is 0 Å². The molecule has 0 aliphatic carbocycles. The summed E-state index contributed by atoms with van der Waals surface area (Å²) in [6, 6.07) is 0.473. The number of likely N-dealkylation sites (N-methyl/N-ethyl adjacent to an activating group) is 1. The van der Waals surface area contributed by atoms with Gasteiger partial charge in [0.2, 0.25) is 5.91 Å². The molecule has 0 aromatic heterocycles. The molecule has 3 unspecified atom stereocenters. The van der Waals surface area contributed by atoms with E-state index in [1.54, 1.807) is 0 Å². The van der Waals surface area contributed by atoms with Crippen molar-refractivity contribution in [1.29, 1.82) is 0 Å². The first kappa shape index (κ1) is 16.3. The second-order valence-corrected chi connectivity index (χ2v) is 6.10. The lowest BCUT2D eigenvalue weighted by Crippen LogP contribution is -2.52. The minimum Gasteiger partial charge on any atom is -0.471 e. The summed E-state index contributed by atoms with van der Waals surface area (Å²) in [6.07, 6.45) is 4.59. The van der Waals surface area contributed by atoms with E-state index < -0.39 is 0 Å². The van der Waals surface area contributed by atoms with Gasteiger partial charge in [0.05, 0.1) is 18.5 Å². The third-order valence-corrected chi connectivity index (χ3v) is 4.89. The summed E-state index contributed by atoms with van der Waals surface area (Å²) in [5.74, 6) is 1.42. The number of hydrogen-bond donors (Lipinski definition) is 1. The summed E-state index contributed by atoms with van der Waals surface area (Å²) in [7, 11) is 3.20. The standard InChI is InChI=1S/C11H20N2OS.C2H4O2/c1-8-4-3-5-10-13(8)11(14)9(12-2)6-7-15-10;1-4-2-3/h8-10,12H,3-7H2,1-2H3;2H,1H3. The quantitative estimate of drug-likeness (QED) is 0.775. The zero-order valence-corrected chi connectivity index (χ0v) is 12.7. The van der Waals surface area contributed by atoms with Gasteiger partial charge in [0, 0.05) is 6.04 Å². The van der Waals surface area contributed by atoms with E-state index in [0.717, 1.165) is 12.2 Å². The van der Waals surface area contributed by atoms with E-state index in [1.807, 2.05) is 18.8 Å². The minimum atomic E-state index is 0.0445. The van der Waals surface area contributed by atoms with Crippen molar-refractivity contribution in [3.05, 3.63) is 0 Å². The van der Waals surface area contributed by atoms with Gasteiger partial charge < -0.3 is 15.0 Å². The van der Waals surface area contributed by atoms with Crippen molar-refractivity contribution in [3.63, 3.8) is 0 Å². The molecule has 0 radical (unpaired) electrons. The fraction of sp³-hybridized carbons (Fsp3) is 0.846. The van der Waals surface area contributed by atoms with Gasteiger partial charge in [0.25, 0.3) is 6.47 Å². The molecule has 2 heterocycles. The summed E-state index contributed by atoms with van der Waals surface area (Å²) in [5.41, 5.74) is 0. The van der Waals surface area contributed by atoms with E-state index in [1.165, 1.54) is 26.4 Å². The van der Waals surface area contributed by atoms with Crippen LogP contribution in [0.5, 0.6) is 0 Å². The number of piperidine rings is 1. The van der Waals surface area contributed by atoms with Crippen molar-refractivity contribution in [2.75, 3.05) is 19.9 Å². The topological polar surface area (TPSA) is 58.6 Å². The van der Waals surface area contributed by atoms with Gasteiger partial charge in [-0.25, -0.2) is 0 Å². The number of carbonyl (C=O) groups is 2. The highest BCUT2D eigenvalue weighted by atomic mass is 32.2. The number of nitrogens with zero attached hydrogens (tertiary/aromatic N) is 1. The first-order valence-corrected chi connectivity index (χ1v) is 7.78. The second kappa shape index (κ2) is 8.43. The molecule has 2 aliphatic rings. The van der Waals surface area contributed by atoms with E-state index in [4.69, 9.17) is 4.79 Å². The van der Waals surface area contributed by atoms with E-state index >= 15 is 0 Å². The number of methoxy groups -OCH3 is 1. The van der Waals surface area contributed by atoms with Crippen LogP contribution >= 0.6 is 11.8 Å². The molecule has 2 saturated heterocycles. The molecule has 0 bridgehead atoms. The fourth-order valence-corrected chi connectivity index (χ4v) is 4.02. The Morgan fingerprint density at radius 3 is 2.68 bits per heavy atom. The highest BCUT2D eigenvalue weighted by molar-refractivity contribution is 7.99. The van der Waals surface area contributed by atoms with Crippen LogP contribution in [0.25, 0.3) is 0 Å². The highest BCUT2D eigenvalue weighted by Crippen LogP contribution is 2.33. The normalized spacial score (nSPS) is 30.6. The minimum absolute atomic E-state index is 0.0445. The van der Waals surface area contributed by atoms with Gasteiger partial charge in [0.1, 0.15) is 0 Å². The van der Waals surface area contributed by atoms with E-state index in [9.17, 15) is 4.79 Å². The summed E-state index contributed by atoms with van der Waals surface area (Å²) in [6.45, 7) is 2.56. The molecule has 1 N–H and O–H groups in total. The Bertz CT molecular complexity index is 302. The zero-order valence-electron chi connectivity index (χ0n) is 11.9. The van der Waals surface area contributed by atoms with E-state index in [0.29, 0.717) is 23.8 Å². The van der Waals surface area contributed by atoms with E-state index in [2.05, 4.69) is 21.9 Å². The first-order valence-electron chi connectivity index (χ1n) is 6.73. The lowest BCUT2D eigenvalue weighted by molar-refractivity contribution is -0.137. The third kappa shape index (κ3) is 4.38. The molecule has 2 rings (SSSR count). The van der Waals surface area contributed by atoms with Crippen molar-refractivity contribution in [2.45, 2.75) is 50.1 Å². The Labute approximate surface area is 119 Å². The average molecular weight is 288 g/mol. The number of amides is 1. The Morgan fingerprint density at radius 2 is 2.11 bits per heavy atom. The van der Waals surface area contributed by atoms with Crippen molar-refractivity contribution in [2.24, 2.45) is 0 Å². The van der Waals surface area contributed by atoms with Crippen molar-refractivity contribution in [1.82, 2.24) is 10.2 Å². The largest absolute Gasteiger partial charge is 0.471 e. The summed E-state index contributed by atoms with van der Waals surface area (Å²) >= 11 is 1.96. The molecule has 0 aromatic rings. The molecule has 6 heteroatoms. The summed E-state index contributed by atoms with van der Waals surface area (Å²) in [5, 5.41) is 3.59. The van der Waals surface area contributed by atoms with Gasteiger partial charge in [-0.1, -0.05) is 0 Å². The molecule has 2 aliphatic heterocycles. The molecular weight excluding hydrogens is 264 g/mol. The summed E-state index contributed by atoms with van der Waals surface area (Å²) in [4.78, 5) is 23.4. The Morgan fingerprint density at radius 1 is 1.42 bits per heavy atom. The second-order valence-electron chi connectivity index (χ2n) is 4.81. The third-order valence-electron chi connectivity index (χ3n) is 3.57. The lowest BCUT2D eigenvalue weighted by Gasteiger charge is -2.40. The van der Waals surface area contributed by atoms with Crippen LogP contribution in [-0.4, -0.2) is 54.6 Å². The Hall–Kier alpha value is -0.750. The van der Waals surface area contributed by atoms with Crippen LogP contribution in [0.3, 0.4) is 0 Å². The van der Waals surface area contributed by atoms with Crippen LogP contribution in [-0.2, 0) is 14.3 Å². The zero-order chi connectivity index (χ0) is 14.3. The van der Waals surface area contributed by atoms with Crippen molar-refractivity contribution in [3.8, 4) is 0 Å². The van der Waals surface area contributed by atoms with Gasteiger partial charge in [-0.05, 0) is 45.4 Å². The molecule has 1 amide bonds. The summed E-state index contributed by atoms with van der Waals surface area (Å²) < 4.78 is 3.86. The number of fused-ring (bicyclic) bond motifs is 1. The number of rotatable bonds is 2. The smallest absolute Gasteiger partial charge is 0.292 e. The predicted molar refractivity (Wildman–Crippen MR) is 76.9 cm³/mol. The molecule has 2 fully saturated rings. The van der Waals surface area contributed by atoms with E-state index in [-0.39, 0.29) is 6.04 Å². The van der Waals surface area contributed by atoms with Crippen LogP contribution < -0.4 is 5.32 Å². The SMILES string of the molecule is CNC1CCSC2CCCC(C)N2C1=O.COC=O. The number of ether oxygens (including phenoxy) is 1. The predicted octanol–water partition coefficient (Wildman–Crippen LogP) is 1.23. The number of thioether (sulfide) groups is 1. The molecule has 19 heavy (non-hydrogen) atoms. The average Bonchev–Trinajstić information content (AvgIpc) is 2.59. The highest BCUT2D eigenvalue weighted by Gasteiger charge is 2.37. The first-order chi connectivity index (χ1) is 9.15. The molecule has 110 valence electrons. The number of hydrogen-bond acceptors (Lipinski definition) is 5. The van der Waals surface area contributed by atoms with Gasteiger partial charge in [-0.15, -0.1) is 11.8 Å². The maximum atomic E-state index is 12.3. The fourth-order valence-electron chi connectivity index (χ4n) is 2.57. The molecule has 3 atom stereocenters. The monoisotopic (exact) mass is 288 g/mol. The van der Waals surface area contributed by atoms with Gasteiger partial charge >= 0.3 is 0 Å². The van der Waals surface area contributed by atoms with Gasteiger partial charge in [-0.3, -0.25) is 9.59 Å². The maximum absolute atomic E-state index is 12.3. The van der Waals surface area contributed by atoms with Crippen molar-refractivity contribution >= 4 is 24.1 Å². The van der Waals surface area contributed by atoms with Crippen LogP contribution in [0.1, 0.15) is 32.6 Å². The van der Waals surface area contributed by atoms with Gasteiger partial charge in [0.15, 0.2) is 0 Å². The molecular formula is C13H24N2O3S. The Kier molecular flexibility index (Phi) is 7.23. The molecule has 0 aromatic carbocycles. The number of nitrogens with one attached hydrogen (secondary N) is 1. The molecule has 0 spiro atoms. The number of carbonyl (C=O) groups excluding carboxylic acids is 2. The molecule has 5 nitrogen and oxygen atoms in total.